The molecule has 8 heteroatoms. The highest BCUT2D eigenvalue weighted by Crippen LogP contribution is 2.22. The maximum atomic E-state index is 13.3. The number of halogens is 1. The summed E-state index contributed by atoms with van der Waals surface area (Å²) in [6.07, 6.45) is 6.80. The van der Waals surface area contributed by atoms with Crippen molar-refractivity contribution in [2.24, 2.45) is 5.41 Å². The number of carbonyl (C=O) groups is 2. The molecule has 1 aromatic heterocycles. The van der Waals surface area contributed by atoms with Gasteiger partial charge in [0.1, 0.15) is 11.9 Å². The fourth-order valence-corrected chi connectivity index (χ4v) is 4.10. The van der Waals surface area contributed by atoms with E-state index in [4.69, 9.17) is 0 Å². The van der Waals surface area contributed by atoms with E-state index < -0.39 is 6.04 Å². The van der Waals surface area contributed by atoms with Crippen LogP contribution in [0.25, 0.3) is 11.0 Å². The first-order valence-corrected chi connectivity index (χ1v) is 14.1. The minimum Gasteiger partial charge on any atom is -0.375 e. The van der Waals surface area contributed by atoms with Crippen LogP contribution in [0, 0.1) is 5.41 Å². The lowest BCUT2D eigenvalue weighted by molar-refractivity contribution is -0.129. The molecule has 1 aromatic carbocycles. The molecule has 1 aliphatic rings. The highest BCUT2D eigenvalue weighted by molar-refractivity contribution is 14.0. The Balaban J connectivity index is -0.00000169. The van der Waals surface area contributed by atoms with Gasteiger partial charge >= 0.3 is 0 Å². The van der Waals surface area contributed by atoms with Crippen molar-refractivity contribution in [1.82, 2.24) is 25.5 Å². The highest BCUT2D eigenvalue weighted by Gasteiger charge is 2.26. The van der Waals surface area contributed by atoms with Gasteiger partial charge in [-0.05, 0) is 57.1 Å². The number of H-pyrrole nitrogens is 1. The van der Waals surface area contributed by atoms with Gasteiger partial charge in [0, 0.05) is 34.5 Å². The summed E-state index contributed by atoms with van der Waals surface area (Å²) in [5, 5.41) is 6.01. The normalized spacial score (nSPS) is 14.3. The number of allylic oxidation sites excluding steroid dienone is 1. The molecule has 1 fully saturated rings. The van der Waals surface area contributed by atoms with Crippen LogP contribution in [-0.2, 0) is 9.59 Å². The fourth-order valence-electron chi connectivity index (χ4n) is 4.10. The second-order valence-corrected chi connectivity index (χ2v) is 10.8. The number of likely N-dealkylation sites (tertiary alicyclic amines) is 1. The molecule has 7 nitrogen and oxygen atoms in total. The molecule has 1 aliphatic heterocycles. The smallest absolute Gasteiger partial charge is 0.243 e. The molecule has 0 bridgehead atoms. The Morgan fingerprint density at radius 3 is 2.31 bits per heavy atom. The van der Waals surface area contributed by atoms with E-state index in [-0.39, 0.29) is 50.1 Å². The summed E-state index contributed by atoms with van der Waals surface area (Å²) in [4.78, 5) is 36.1. The lowest BCUT2D eigenvalue weighted by atomic mass is 9.90. The predicted molar refractivity (Wildman–Crippen MR) is 179 cm³/mol. The number of aromatic nitrogens is 2. The Labute approximate surface area is 256 Å². The van der Waals surface area contributed by atoms with Crippen molar-refractivity contribution in [2.75, 3.05) is 13.1 Å². The van der Waals surface area contributed by atoms with Gasteiger partial charge in [-0.25, -0.2) is 4.98 Å². The average Bonchev–Trinajstić information content (AvgIpc) is 3.33. The molecule has 0 spiro atoms. The minimum atomic E-state index is -0.668. The van der Waals surface area contributed by atoms with Gasteiger partial charge in [-0.15, -0.1) is 30.6 Å². The van der Waals surface area contributed by atoms with Crippen molar-refractivity contribution in [3.8, 4) is 0 Å². The Morgan fingerprint density at radius 2 is 1.74 bits per heavy atom. The Morgan fingerprint density at radius 1 is 1.15 bits per heavy atom. The fraction of sp³-hybridized carbons (Fsp3) is 0.581. The van der Waals surface area contributed by atoms with Gasteiger partial charge in [-0.1, -0.05) is 59.4 Å². The molecule has 0 aliphatic carbocycles. The third-order valence-corrected chi connectivity index (χ3v) is 6.17. The lowest BCUT2D eigenvalue weighted by Crippen LogP contribution is -2.48. The van der Waals surface area contributed by atoms with Crippen molar-refractivity contribution in [2.45, 2.75) is 99.1 Å². The number of imidazole rings is 1. The maximum absolute atomic E-state index is 13.3. The van der Waals surface area contributed by atoms with E-state index >= 15 is 0 Å². The number of amides is 2. The number of aromatic amines is 1. The van der Waals surface area contributed by atoms with Crippen LogP contribution in [0.1, 0.15) is 102 Å². The van der Waals surface area contributed by atoms with Crippen molar-refractivity contribution >= 4 is 46.8 Å². The zero-order valence-corrected chi connectivity index (χ0v) is 27.6. The standard InChI is InChI=1S/C26H39N5O2.C3H6.C2H6.HI.2H2/c1-18(31-15-9-6-10-16-31)17-22(28-23(32)13-14-26(3,4)5)25(33)27-19(2)24-29-20-11-7-8-12-21(20)30-24;1-3-2;1-2;;;/h7-8,11-12,19,22H,1,6,9-10,13-17H2,2-5H3,(H,27,33)(H,28,32)(H,29,30);3H,1H2,2H3;1-2H3;3*1H/t19-,22-;;;;;/m0...../s1. The lowest BCUT2D eigenvalue weighted by Gasteiger charge is -2.32. The van der Waals surface area contributed by atoms with E-state index in [1.807, 2.05) is 52.0 Å². The minimum absolute atomic E-state index is 0. The first-order chi connectivity index (χ1) is 18.0. The van der Waals surface area contributed by atoms with Crippen LogP contribution in [0.3, 0.4) is 0 Å². The molecule has 39 heavy (non-hydrogen) atoms. The number of nitrogens with zero attached hydrogens (tertiary/aromatic N) is 2. The number of benzene rings is 1. The van der Waals surface area contributed by atoms with Crippen LogP contribution in [0.5, 0.6) is 0 Å². The van der Waals surface area contributed by atoms with Gasteiger partial charge in [0.2, 0.25) is 11.8 Å². The van der Waals surface area contributed by atoms with E-state index in [0.29, 0.717) is 18.7 Å². The van der Waals surface area contributed by atoms with Gasteiger partial charge < -0.3 is 20.5 Å². The second-order valence-electron chi connectivity index (χ2n) is 10.8. The molecule has 2 atom stereocenters. The molecule has 3 N–H and O–H groups in total. The molecule has 0 radical (unpaired) electrons. The van der Waals surface area contributed by atoms with Crippen LogP contribution >= 0.6 is 24.0 Å². The molecule has 2 heterocycles. The maximum Gasteiger partial charge on any atom is 0.243 e. The molecular weight excluding hydrogens is 601 g/mol. The summed E-state index contributed by atoms with van der Waals surface area (Å²) >= 11 is 0. The molecule has 2 aromatic rings. The van der Waals surface area contributed by atoms with Crippen molar-refractivity contribution in [3.05, 3.63) is 55.0 Å². The number of hydrogen-bond acceptors (Lipinski definition) is 4. The van der Waals surface area contributed by atoms with E-state index in [0.717, 1.165) is 49.1 Å². The topological polar surface area (TPSA) is 90.1 Å². The molecule has 1 saturated heterocycles. The number of fused-ring (bicyclic) bond motifs is 1. The van der Waals surface area contributed by atoms with Gasteiger partial charge in [-0.2, -0.15) is 0 Å². The molecule has 2 amide bonds. The zero-order valence-electron chi connectivity index (χ0n) is 25.2. The van der Waals surface area contributed by atoms with Crippen LogP contribution in [0.15, 0.2) is 49.2 Å². The van der Waals surface area contributed by atoms with Crippen LogP contribution in [0.4, 0.5) is 0 Å². The number of hydrogen-bond donors (Lipinski definition) is 3. The number of carbonyl (C=O) groups excluding carboxylic acids is 2. The second kappa shape index (κ2) is 18.8. The van der Waals surface area contributed by atoms with Gasteiger partial charge in [0.15, 0.2) is 0 Å². The average molecular weight is 658 g/mol. The summed E-state index contributed by atoms with van der Waals surface area (Å²) < 4.78 is 0. The summed E-state index contributed by atoms with van der Waals surface area (Å²) in [7, 11) is 0. The molecular formula is C31H56IN5O2. The van der Waals surface area contributed by atoms with Gasteiger partial charge in [0.25, 0.3) is 0 Å². The molecule has 224 valence electrons. The largest absolute Gasteiger partial charge is 0.375 e. The third-order valence-electron chi connectivity index (χ3n) is 6.17. The zero-order chi connectivity index (χ0) is 28.7. The predicted octanol–water partition coefficient (Wildman–Crippen LogP) is 7.77. The third kappa shape index (κ3) is 13.5. The number of nitrogens with one attached hydrogen (secondary N) is 3. The van der Waals surface area contributed by atoms with Gasteiger partial charge in [0.05, 0.1) is 17.1 Å². The first-order valence-electron chi connectivity index (χ1n) is 14.1. The molecule has 0 unspecified atom stereocenters. The van der Waals surface area contributed by atoms with Crippen molar-refractivity contribution < 1.29 is 12.4 Å². The SMILES string of the molecule is C=C(C[C@H](NC(=O)CCC(C)(C)C)C(=O)N[C@@H](C)c1nc2ccccc2[nH]1)N1CCCCC1.C=CC.CC.I.[HH].[HH]. The van der Waals surface area contributed by atoms with E-state index in [1.54, 1.807) is 6.08 Å². The van der Waals surface area contributed by atoms with Crippen LogP contribution < -0.4 is 10.6 Å². The van der Waals surface area contributed by atoms with Crippen LogP contribution in [0.2, 0.25) is 0 Å². The van der Waals surface area contributed by atoms with Gasteiger partial charge in [-0.3, -0.25) is 9.59 Å². The number of piperidine rings is 1. The number of para-hydroxylation sites is 2. The summed E-state index contributed by atoms with van der Waals surface area (Å²) in [5.41, 5.74) is 2.75. The Bertz CT molecular complexity index is 1000. The number of rotatable bonds is 9. The summed E-state index contributed by atoms with van der Waals surface area (Å²) in [5.74, 6) is 0.371. The van der Waals surface area contributed by atoms with E-state index in [9.17, 15) is 9.59 Å². The van der Waals surface area contributed by atoms with Crippen LogP contribution in [-0.4, -0.2) is 45.8 Å². The Kier molecular flexibility index (Phi) is 17.7. The van der Waals surface area contributed by atoms with Crippen molar-refractivity contribution in [1.29, 1.82) is 0 Å². The van der Waals surface area contributed by atoms with E-state index in [2.05, 4.69) is 59.4 Å². The summed E-state index contributed by atoms with van der Waals surface area (Å²) in [6.45, 7) is 23.6. The molecule has 0 saturated carbocycles. The van der Waals surface area contributed by atoms with Crippen molar-refractivity contribution in [3.63, 3.8) is 0 Å². The first kappa shape index (κ1) is 36.6. The van der Waals surface area contributed by atoms with E-state index in [1.165, 1.54) is 6.42 Å². The monoisotopic (exact) mass is 657 g/mol. The Hall–Kier alpha value is -2.36. The molecule has 3 rings (SSSR count). The summed E-state index contributed by atoms with van der Waals surface area (Å²) in [6, 6.07) is 6.79. The highest BCUT2D eigenvalue weighted by atomic mass is 127. The quantitative estimate of drug-likeness (QED) is 0.190.